The molecule has 1 aromatic heterocycles. The van der Waals surface area contributed by atoms with Crippen molar-refractivity contribution in [3.63, 3.8) is 0 Å². The fraction of sp³-hybridized carbons (Fsp3) is 0.158. The normalized spacial score (nSPS) is 17.4. The molecule has 0 saturated heterocycles. The standard InChI is InChI=1S/C19H16S/c1-13-6-8-14(9-7-13)15-10-11-19-17(12-15)16-4-2-3-5-18(16)20-19/h2-9,11-12,15H,10H2,1H3. The third-order valence-electron chi connectivity index (χ3n) is 4.09. The molecular formula is C19H16S. The Labute approximate surface area is 122 Å². The SMILES string of the molecule is Cc1ccc(C2C=c3c(sc4ccccc34)=CC2)cc1. The van der Waals surface area contributed by atoms with E-state index in [-0.39, 0.29) is 0 Å². The summed E-state index contributed by atoms with van der Waals surface area (Å²) < 4.78 is 2.84. The minimum Gasteiger partial charge on any atom is -0.136 e. The van der Waals surface area contributed by atoms with Crippen molar-refractivity contribution in [3.8, 4) is 0 Å². The van der Waals surface area contributed by atoms with E-state index in [1.807, 2.05) is 11.3 Å². The van der Waals surface area contributed by atoms with Gasteiger partial charge in [0.15, 0.2) is 0 Å². The minimum atomic E-state index is 0.515. The fourth-order valence-electron chi connectivity index (χ4n) is 2.96. The van der Waals surface area contributed by atoms with Crippen LogP contribution >= 0.6 is 11.3 Å². The van der Waals surface area contributed by atoms with Gasteiger partial charge in [-0.2, -0.15) is 0 Å². The van der Waals surface area contributed by atoms with Gasteiger partial charge in [0.25, 0.3) is 0 Å². The molecule has 1 heterocycles. The van der Waals surface area contributed by atoms with Gasteiger partial charge in [-0.05, 0) is 35.6 Å². The Morgan fingerprint density at radius 3 is 2.65 bits per heavy atom. The van der Waals surface area contributed by atoms with E-state index in [4.69, 9.17) is 0 Å². The predicted octanol–water partition coefficient (Wildman–Crippen LogP) is 3.96. The van der Waals surface area contributed by atoms with Crippen LogP contribution in [0.3, 0.4) is 0 Å². The van der Waals surface area contributed by atoms with Crippen molar-refractivity contribution < 1.29 is 0 Å². The summed E-state index contributed by atoms with van der Waals surface area (Å²) in [5.74, 6) is 0.515. The van der Waals surface area contributed by atoms with E-state index < -0.39 is 0 Å². The zero-order valence-electron chi connectivity index (χ0n) is 11.5. The second-order valence-electron chi connectivity index (χ2n) is 5.50. The van der Waals surface area contributed by atoms with Crippen LogP contribution < -0.4 is 9.75 Å². The van der Waals surface area contributed by atoms with Gasteiger partial charge >= 0.3 is 0 Å². The Hall–Kier alpha value is -1.86. The molecular weight excluding hydrogens is 260 g/mol. The summed E-state index contributed by atoms with van der Waals surface area (Å²) in [6.07, 6.45) is 5.98. The third-order valence-corrected chi connectivity index (χ3v) is 5.28. The molecule has 0 fully saturated rings. The zero-order chi connectivity index (χ0) is 13.5. The second-order valence-corrected chi connectivity index (χ2v) is 6.58. The smallest absolute Gasteiger partial charge is 0.0355 e. The number of benzene rings is 2. The molecule has 98 valence electrons. The van der Waals surface area contributed by atoms with Crippen LogP contribution in [-0.2, 0) is 0 Å². The average Bonchev–Trinajstić information content (AvgIpc) is 2.86. The molecule has 0 bridgehead atoms. The Kier molecular flexibility index (Phi) is 2.75. The highest BCUT2D eigenvalue weighted by molar-refractivity contribution is 7.17. The first kappa shape index (κ1) is 11.9. The summed E-state index contributed by atoms with van der Waals surface area (Å²) >= 11 is 1.91. The lowest BCUT2D eigenvalue weighted by atomic mass is 9.91. The highest BCUT2D eigenvalue weighted by atomic mass is 32.1. The van der Waals surface area contributed by atoms with E-state index in [0.29, 0.717) is 5.92 Å². The summed E-state index contributed by atoms with van der Waals surface area (Å²) in [6, 6.07) is 17.7. The largest absolute Gasteiger partial charge is 0.136 e. The average molecular weight is 276 g/mol. The van der Waals surface area contributed by atoms with Gasteiger partial charge in [-0.15, -0.1) is 11.3 Å². The van der Waals surface area contributed by atoms with Crippen LogP contribution in [0.25, 0.3) is 22.2 Å². The summed E-state index contributed by atoms with van der Waals surface area (Å²) in [5.41, 5.74) is 2.75. The molecule has 0 saturated carbocycles. The molecule has 0 aliphatic heterocycles. The topological polar surface area (TPSA) is 0 Å². The molecule has 1 aliphatic rings. The molecule has 1 unspecified atom stereocenters. The Bertz CT molecular complexity index is 882. The Morgan fingerprint density at radius 2 is 1.80 bits per heavy atom. The van der Waals surface area contributed by atoms with Gasteiger partial charge in [0.2, 0.25) is 0 Å². The maximum absolute atomic E-state index is 2.46. The summed E-state index contributed by atoms with van der Waals surface area (Å²) in [4.78, 5) is 0. The van der Waals surface area contributed by atoms with E-state index in [1.54, 1.807) is 0 Å². The molecule has 2 aromatic carbocycles. The number of aryl methyl sites for hydroxylation is 1. The third kappa shape index (κ3) is 1.90. The highest BCUT2D eigenvalue weighted by Crippen LogP contribution is 2.25. The van der Waals surface area contributed by atoms with Crippen LogP contribution in [0.1, 0.15) is 23.5 Å². The van der Waals surface area contributed by atoms with Crippen molar-refractivity contribution in [1.82, 2.24) is 0 Å². The van der Waals surface area contributed by atoms with Gasteiger partial charge in [-0.1, -0.05) is 60.2 Å². The molecule has 0 N–H and O–H groups in total. The van der Waals surface area contributed by atoms with Crippen LogP contribution in [-0.4, -0.2) is 0 Å². The maximum atomic E-state index is 2.46. The number of rotatable bonds is 1. The van der Waals surface area contributed by atoms with Crippen LogP contribution in [0.5, 0.6) is 0 Å². The lowest BCUT2D eigenvalue weighted by Gasteiger charge is -2.13. The number of fused-ring (bicyclic) bond motifs is 3. The van der Waals surface area contributed by atoms with Gasteiger partial charge in [0.05, 0.1) is 0 Å². The predicted molar refractivity (Wildman–Crippen MR) is 88.5 cm³/mol. The van der Waals surface area contributed by atoms with Crippen LogP contribution in [0, 0.1) is 6.92 Å². The molecule has 1 heteroatoms. The minimum absolute atomic E-state index is 0.515. The summed E-state index contributed by atoms with van der Waals surface area (Å²) in [7, 11) is 0. The van der Waals surface area contributed by atoms with Gasteiger partial charge in [0, 0.05) is 15.2 Å². The number of hydrogen-bond acceptors (Lipinski definition) is 1. The Morgan fingerprint density at radius 1 is 1.00 bits per heavy atom. The van der Waals surface area contributed by atoms with Gasteiger partial charge in [-0.25, -0.2) is 0 Å². The molecule has 3 aromatic rings. The van der Waals surface area contributed by atoms with E-state index in [9.17, 15) is 0 Å². The molecule has 1 aliphatic carbocycles. The molecule has 1 atom stereocenters. The van der Waals surface area contributed by atoms with E-state index in [2.05, 4.69) is 67.6 Å². The number of thiophene rings is 1. The maximum Gasteiger partial charge on any atom is 0.0355 e. The van der Waals surface area contributed by atoms with Crippen molar-refractivity contribution >= 4 is 33.6 Å². The summed E-state index contributed by atoms with van der Waals surface area (Å²) in [6.45, 7) is 2.14. The van der Waals surface area contributed by atoms with E-state index in [1.165, 1.54) is 31.0 Å². The van der Waals surface area contributed by atoms with Crippen molar-refractivity contribution in [1.29, 1.82) is 0 Å². The van der Waals surface area contributed by atoms with Crippen molar-refractivity contribution in [2.24, 2.45) is 0 Å². The lowest BCUT2D eigenvalue weighted by molar-refractivity contribution is 0.925. The molecule has 20 heavy (non-hydrogen) atoms. The van der Waals surface area contributed by atoms with Crippen molar-refractivity contribution in [2.45, 2.75) is 19.3 Å². The summed E-state index contributed by atoms with van der Waals surface area (Å²) in [5, 5.41) is 2.84. The highest BCUT2D eigenvalue weighted by Gasteiger charge is 2.12. The first-order valence-corrected chi connectivity index (χ1v) is 7.89. The Balaban J connectivity index is 1.90. The quantitative estimate of drug-likeness (QED) is 0.631. The van der Waals surface area contributed by atoms with E-state index in [0.717, 1.165) is 6.42 Å². The number of hydrogen-bond donors (Lipinski definition) is 0. The van der Waals surface area contributed by atoms with Gasteiger partial charge in [0.1, 0.15) is 0 Å². The van der Waals surface area contributed by atoms with Crippen molar-refractivity contribution in [3.05, 3.63) is 69.4 Å². The van der Waals surface area contributed by atoms with E-state index >= 15 is 0 Å². The first-order chi connectivity index (χ1) is 9.81. The second kappa shape index (κ2) is 4.60. The van der Waals surface area contributed by atoms with Crippen molar-refractivity contribution in [2.75, 3.05) is 0 Å². The van der Waals surface area contributed by atoms with Crippen LogP contribution in [0.15, 0.2) is 48.5 Å². The first-order valence-electron chi connectivity index (χ1n) is 7.07. The van der Waals surface area contributed by atoms with Crippen LogP contribution in [0.2, 0.25) is 0 Å². The molecule has 0 nitrogen and oxygen atoms in total. The molecule has 0 amide bonds. The molecule has 0 spiro atoms. The lowest BCUT2D eigenvalue weighted by Crippen LogP contribution is -2.23. The molecule has 0 radical (unpaired) electrons. The van der Waals surface area contributed by atoms with Gasteiger partial charge < -0.3 is 0 Å². The fourth-order valence-corrected chi connectivity index (χ4v) is 4.10. The molecule has 4 rings (SSSR count). The van der Waals surface area contributed by atoms with Gasteiger partial charge in [-0.3, -0.25) is 0 Å². The zero-order valence-corrected chi connectivity index (χ0v) is 12.3. The van der Waals surface area contributed by atoms with Crippen LogP contribution in [0.4, 0.5) is 0 Å². The monoisotopic (exact) mass is 276 g/mol.